The number of benzene rings is 1. The van der Waals surface area contributed by atoms with E-state index < -0.39 is 0 Å². The van der Waals surface area contributed by atoms with Gasteiger partial charge in [0, 0.05) is 5.56 Å². The average Bonchev–Trinajstić information content (AvgIpc) is 2.31. The van der Waals surface area contributed by atoms with Gasteiger partial charge in [-0.2, -0.15) is 0 Å². The van der Waals surface area contributed by atoms with E-state index in [0.29, 0.717) is 17.6 Å². The van der Waals surface area contributed by atoms with Gasteiger partial charge in [0.2, 0.25) is 0 Å². The fourth-order valence-corrected chi connectivity index (χ4v) is 2.37. The molecule has 0 bridgehead atoms. The van der Waals surface area contributed by atoms with Gasteiger partial charge in [-0.15, -0.1) is 0 Å². The van der Waals surface area contributed by atoms with Crippen LogP contribution in [0, 0.1) is 5.21 Å². The lowest BCUT2D eigenvalue weighted by molar-refractivity contribution is -0.891. The standard InChI is InChI=1S/C13H19NO/c15-14(13-9-5-2-6-10-13)11-12-7-3-1-4-8-12/h1,3-4,7-8,13-14H,2,5-6,9-11H2. The van der Waals surface area contributed by atoms with Crippen LogP contribution < -0.4 is 5.06 Å². The maximum absolute atomic E-state index is 12.0. The Hall–Kier alpha value is -0.860. The molecule has 0 saturated heterocycles. The van der Waals surface area contributed by atoms with E-state index in [-0.39, 0.29) is 0 Å². The lowest BCUT2D eigenvalue weighted by atomic mass is 9.95. The van der Waals surface area contributed by atoms with Gasteiger partial charge < -0.3 is 10.3 Å². The van der Waals surface area contributed by atoms with Crippen molar-refractivity contribution in [2.75, 3.05) is 0 Å². The first-order valence-electron chi connectivity index (χ1n) is 5.93. The third-order valence-corrected chi connectivity index (χ3v) is 3.28. The van der Waals surface area contributed by atoms with Gasteiger partial charge in [0.1, 0.15) is 6.54 Å². The molecule has 15 heavy (non-hydrogen) atoms. The summed E-state index contributed by atoms with van der Waals surface area (Å²) >= 11 is 0. The molecule has 2 rings (SSSR count). The zero-order valence-corrected chi connectivity index (χ0v) is 9.11. The predicted molar refractivity (Wildman–Crippen MR) is 61.3 cm³/mol. The van der Waals surface area contributed by atoms with Crippen LogP contribution in [0.15, 0.2) is 30.3 Å². The monoisotopic (exact) mass is 205 g/mol. The van der Waals surface area contributed by atoms with E-state index >= 15 is 0 Å². The number of nitrogens with one attached hydrogen (secondary N) is 1. The highest BCUT2D eigenvalue weighted by Gasteiger charge is 2.18. The van der Waals surface area contributed by atoms with Crippen LogP contribution in [-0.4, -0.2) is 6.04 Å². The van der Waals surface area contributed by atoms with Crippen LogP contribution in [-0.2, 0) is 6.54 Å². The quantitative estimate of drug-likeness (QED) is 0.750. The zero-order valence-electron chi connectivity index (χ0n) is 9.11. The predicted octanol–water partition coefficient (Wildman–Crippen LogP) is 1.90. The van der Waals surface area contributed by atoms with Gasteiger partial charge in [0.05, 0.1) is 6.04 Å². The average molecular weight is 205 g/mol. The molecule has 1 atom stereocenters. The van der Waals surface area contributed by atoms with Gasteiger partial charge in [-0.3, -0.25) is 0 Å². The molecule has 1 unspecified atom stereocenters. The van der Waals surface area contributed by atoms with Gasteiger partial charge in [-0.25, -0.2) is 0 Å². The molecule has 2 heteroatoms. The highest BCUT2D eigenvalue weighted by Crippen LogP contribution is 2.15. The molecule has 1 fully saturated rings. The van der Waals surface area contributed by atoms with E-state index in [0.717, 1.165) is 18.4 Å². The summed E-state index contributed by atoms with van der Waals surface area (Å²) in [5, 5.41) is 12.4. The second kappa shape index (κ2) is 5.29. The first-order chi connectivity index (χ1) is 7.36. The van der Waals surface area contributed by atoms with Gasteiger partial charge in [-0.1, -0.05) is 36.8 Å². The van der Waals surface area contributed by atoms with Gasteiger partial charge >= 0.3 is 0 Å². The Bertz CT molecular complexity index is 280. The van der Waals surface area contributed by atoms with Crippen molar-refractivity contribution in [2.45, 2.75) is 44.7 Å². The van der Waals surface area contributed by atoms with Crippen molar-refractivity contribution >= 4 is 0 Å². The smallest absolute Gasteiger partial charge is 0.103 e. The number of hydrogen-bond acceptors (Lipinski definition) is 1. The summed E-state index contributed by atoms with van der Waals surface area (Å²) < 4.78 is 0. The van der Waals surface area contributed by atoms with Crippen LogP contribution in [0.3, 0.4) is 0 Å². The normalized spacial score (nSPS) is 20.1. The second-order valence-corrected chi connectivity index (χ2v) is 4.46. The van der Waals surface area contributed by atoms with Crippen molar-refractivity contribution in [1.29, 1.82) is 0 Å². The second-order valence-electron chi connectivity index (χ2n) is 4.46. The van der Waals surface area contributed by atoms with Gasteiger partial charge in [0.25, 0.3) is 0 Å². The van der Waals surface area contributed by atoms with Crippen molar-refractivity contribution in [3.8, 4) is 0 Å². The van der Waals surface area contributed by atoms with Crippen LogP contribution in [0.4, 0.5) is 0 Å². The molecule has 0 radical (unpaired) electrons. The minimum atomic E-state index is 0.346. The van der Waals surface area contributed by atoms with Crippen molar-refractivity contribution < 1.29 is 5.06 Å². The maximum Gasteiger partial charge on any atom is 0.103 e. The number of hydrogen-bond donors (Lipinski definition) is 1. The fourth-order valence-electron chi connectivity index (χ4n) is 2.37. The summed E-state index contributed by atoms with van der Waals surface area (Å²) in [5.41, 5.74) is 1.16. The number of hydroxylamine groups is 2. The van der Waals surface area contributed by atoms with Crippen molar-refractivity contribution in [3.05, 3.63) is 41.1 Å². The molecule has 82 valence electrons. The molecule has 0 heterocycles. The van der Waals surface area contributed by atoms with Crippen LogP contribution in [0.5, 0.6) is 0 Å². The molecule has 1 aliphatic rings. The van der Waals surface area contributed by atoms with E-state index in [1.165, 1.54) is 19.3 Å². The molecule has 2 nitrogen and oxygen atoms in total. The van der Waals surface area contributed by atoms with E-state index in [4.69, 9.17) is 0 Å². The van der Waals surface area contributed by atoms with Gasteiger partial charge in [-0.05, 0) is 25.7 Å². The van der Waals surface area contributed by atoms with Crippen LogP contribution in [0.2, 0.25) is 0 Å². The van der Waals surface area contributed by atoms with Crippen LogP contribution in [0.25, 0.3) is 0 Å². The molecule has 0 amide bonds. The molecule has 1 N–H and O–H groups in total. The zero-order chi connectivity index (χ0) is 10.5. The summed E-state index contributed by atoms with van der Waals surface area (Å²) in [6.45, 7) is 0.630. The third kappa shape index (κ3) is 3.05. The highest BCUT2D eigenvalue weighted by molar-refractivity contribution is 5.13. The maximum atomic E-state index is 12.0. The van der Waals surface area contributed by atoms with Crippen LogP contribution >= 0.6 is 0 Å². The summed E-state index contributed by atoms with van der Waals surface area (Å²) in [6.07, 6.45) is 6.03. The van der Waals surface area contributed by atoms with E-state index in [1.807, 2.05) is 30.3 Å². The lowest BCUT2D eigenvalue weighted by Gasteiger charge is -2.34. The van der Waals surface area contributed by atoms with E-state index in [9.17, 15) is 5.21 Å². The van der Waals surface area contributed by atoms with E-state index in [2.05, 4.69) is 0 Å². The molecular weight excluding hydrogens is 186 g/mol. The summed E-state index contributed by atoms with van der Waals surface area (Å²) in [7, 11) is 0. The Morgan fingerprint density at radius 2 is 1.73 bits per heavy atom. The topological polar surface area (TPSA) is 27.5 Å². The van der Waals surface area contributed by atoms with Crippen LogP contribution in [0.1, 0.15) is 37.7 Å². The minimum Gasteiger partial charge on any atom is -0.634 e. The Labute approximate surface area is 91.5 Å². The molecule has 1 aromatic rings. The fraction of sp³-hybridized carbons (Fsp3) is 0.538. The third-order valence-electron chi connectivity index (χ3n) is 3.28. The van der Waals surface area contributed by atoms with Crippen molar-refractivity contribution in [3.63, 3.8) is 0 Å². The number of quaternary nitrogens is 1. The Kier molecular flexibility index (Phi) is 3.75. The summed E-state index contributed by atoms with van der Waals surface area (Å²) in [4.78, 5) is 0. The van der Waals surface area contributed by atoms with E-state index in [1.54, 1.807) is 0 Å². The SMILES string of the molecule is [O-][NH+](Cc1ccccc1)C1CCCCC1. The summed E-state index contributed by atoms with van der Waals surface area (Å²) in [6, 6.07) is 10.4. The molecule has 0 aromatic heterocycles. The van der Waals surface area contributed by atoms with Crippen molar-refractivity contribution in [1.82, 2.24) is 0 Å². The Morgan fingerprint density at radius 3 is 2.40 bits per heavy atom. The largest absolute Gasteiger partial charge is 0.634 e. The molecule has 1 aromatic carbocycles. The molecule has 0 spiro atoms. The highest BCUT2D eigenvalue weighted by atomic mass is 16.5. The Morgan fingerprint density at radius 1 is 1.07 bits per heavy atom. The molecule has 1 saturated carbocycles. The number of rotatable bonds is 3. The Balaban J connectivity index is 1.88. The first kappa shape index (κ1) is 10.7. The molecular formula is C13H19NO. The molecule has 0 aliphatic heterocycles. The minimum absolute atomic E-state index is 0.346. The lowest BCUT2D eigenvalue weighted by Crippen LogP contribution is -3.10. The first-order valence-corrected chi connectivity index (χ1v) is 5.93. The molecule has 1 aliphatic carbocycles. The summed E-state index contributed by atoms with van der Waals surface area (Å²) in [5.74, 6) is 0. The van der Waals surface area contributed by atoms with Crippen molar-refractivity contribution in [2.24, 2.45) is 0 Å². The van der Waals surface area contributed by atoms with Gasteiger partial charge in [0.15, 0.2) is 0 Å².